The van der Waals surface area contributed by atoms with Crippen LogP contribution in [0.3, 0.4) is 0 Å². The van der Waals surface area contributed by atoms with Gasteiger partial charge in [-0.15, -0.1) is 0 Å². The van der Waals surface area contributed by atoms with E-state index in [1.54, 1.807) is 5.56 Å². The lowest BCUT2D eigenvalue weighted by Gasteiger charge is -2.32. The topological polar surface area (TPSA) is 0 Å². The van der Waals surface area contributed by atoms with Gasteiger partial charge in [-0.25, -0.2) is 8.78 Å². The van der Waals surface area contributed by atoms with E-state index < -0.39 is 16.7 Å². The molecule has 0 N–H and O–H groups in total. The Balaban J connectivity index is 1.52. The minimum atomic E-state index is -0.656. The summed E-state index contributed by atoms with van der Waals surface area (Å²) in [7, 11) is 0. The molecule has 0 heterocycles. The maximum absolute atomic E-state index is 13.9. The number of halogens is 3. The number of rotatable bonds is 4. The van der Waals surface area contributed by atoms with E-state index in [-0.39, 0.29) is 5.92 Å². The first-order chi connectivity index (χ1) is 13.6. The maximum atomic E-state index is 13.9. The third-order valence-electron chi connectivity index (χ3n) is 6.60. The molecule has 0 saturated heterocycles. The first-order valence-electron chi connectivity index (χ1n) is 10.4. The molecule has 3 heteroatoms. The first-order valence-corrected chi connectivity index (χ1v) is 10.8. The molecule has 0 aliphatic heterocycles. The van der Waals surface area contributed by atoms with Crippen molar-refractivity contribution in [2.24, 2.45) is 5.92 Å². The van der Waals surface area contributed by atoms with Gasteiger partial charge in [0.15, 0.2) is 0 Å². The molecular weight excluding hydrogens is 374 g/mol. The summed E-state index contributed by atoms with van der Waals surface area (Å²) in [5.74, 6) is -0.365. The summed E-state index contributed by atoms with van der Waals surface area (Å²) in [4.78, 5) is 0. The molecule has 148 valence electrons. The van der Waals surface area contributed by atoms with E-state index in [1.165, 1.54) is 60.9 Å². The van der Waals surface area contributed by atoms with Gasteiger partial charge in [0, 0.05) is 0 Å². The summed E-state index contributed by atoms with van der Waals surface area (Å²) in [5, 5.41) is -0.405. The van der Waals surface area contributed by atoms with Crippen LogP contribution in [0.4, 0.5) is 8.78 Å². The van der Waals surface area contributed by atoms with E-state index in [0.717, 1.165) is 30.7 Å². The molecule has 0 amide bonds. The van der Waals surface area contributed by atoms with Crippen LogP contribution in [0.25, 0.3) is 0 Å². The summed E-state index contributed by atoms with van der Waals surface area (Å²) < 4.78 is 27.8. The van der Waals surface area contributed by atoms with Crippen LogP contribution in [0.5, 0.6) is 0 Å². The van der Waals surface area contributed by atoms with Gasteiger partial charge in [-0.05, 0) is 110 Å². The van der Waals surface area contributed by atoms with Crippen molar-refractivity contribution < 1.29 is 8.78 Å². The smallest absolute Gasteiger partial charge is 0.145 e. The molecule has 2 aromatic rings. The van der Waals surface area contributed by atoms with E-state index >= 15 is 0 Å². The van der Waals surface area contributed by atoms with Crippen molar-refractivity contribution >= 4 is 11.6 Å². The standard InChI is InChI=1S/C25H27ClF2/c1-2-3-4-5-16-6-10-21-18(12-16)7-8-19-13-17(9-11-22(19)21)20-14-23(27)25(26)24(28)15-20/h2-3,7-8,14-17H,4-6,9-13H2,1H3/b3-2+. The van der Waals surface area contributed by atoms with Gasteiger partial charge < -0.3 is 0 Å². The quantitative estimate of drug-likeness (QED) is 0.371. The molecule has 0 nitrogen and oxygen atoms in total. The van der Waals surface area contributed by atoms with Crippen molar-refractivity contribution in [1.82, 2.24) is 0 Å². The van der Waals surface area contributed by atoms with Crippen LogP contribution in [-0.4, -0.2) is 0 Å². The first kappa shape index (κ1) is 19.6. The average molecular weight is 401 g/mol. The minimum absolute atomic E-state index is 0.156. The second-order valence-corrected chi connectivity index (χ2v) is 8.71. The Kier molecular flexibility index (Phi) is 5.87. The molecule has 28 heavy (non-hydrogen) atoms. The minimum Gasteiger partial charge on any atom is -0.205 e. The highest BCUT2D eigenvalue weighted by Gasteiger charge is 2.27. The molecular formula is C25H27ClF2. The highest BCUT2D eigenvalue weighted by molar-refractivity contribution is 6.30. The van der Waals surface area contributed by atoms with Gasteiger partial charge in [-0.1, -0.05) is 35.9 Å². The van der Waals surface area contributed by atoms with Gasteiger partial charge in [0.2, 0.25) is 0 Å². The van der Waals surface area contributed by atoms with Gasteiger partial charge in [-0.2, -0.15) is 0 Å². The summed E-state index contributed by atoms with van der Waals surface area (Å²) in [6, 6.07) is 7.39. The Morgan fingerprint density at radius 3 is 2.32 bits per heavy atom. The lowest BCUT2D eigenvalue weighted by molar-refractivity contribution is 0.427. The SMILES string of the molecule is C/C=C/CCC1CCc2c(ccc3c2CCC(c2cc(F)c(Cl)c(F)c2)C3)C1. The molecule has 0 fully saturated rings. The number of hydrogen-bond acceptors (Lipinski definition) is 0. The zero-order valence-corrected chi connectivity index (χ0v) is 17.2. The fourth-order valence-corrected chi connectivity index (χ4v) is 5.19. The third kappa shape index (κ3) is 3.89. The van der Waals surface area contributed by atoms with Gasteiger partial charge in [0.25, 0.3) is 0 Å². The predicted octanol–water partition coefficient (Wildman–Crippen LogP) is 7.35. The van der Waals surface area contributed by atoms with Crippen LogP contribution in [0.1, 0.15) is 66.3 Å². The van der Waals surface area contributed by atoms with Crippen LogP contribution in [0, 0.1) is 17.6 Å². The second-order valence-electron chi connectivity index (χ2n) is 8.33. The third-order valence-corrected chi connectivity index (χ3v) is 6.96. The van der Waals surface area contributed by atoms with Crippen LogP contribution < -0.4 is 0 Å². The van der Waals surface area contributed by atoms with E-state index in [2.05, 4.69) is 31.2 Å². The van der Waals surface area contributed by atoms with Crippen LogP contribution in [0.2, 0.25) is 5.02 Å². The van der Waals surface area contributed by atoms with Gasteiger partial charge in [-0.3, -0.25) is 0 Å². The zero-order chi connectivity index (χ0) is 19.7. The van der Waals surface area contributed by atoms with Crippen molar-refractivity contribution in [3.05, 3.63) is 80.9 Å². The van der Waals surface area contributed by atoms with Gasteiger partial charge in [0.05, 0.1) is 0 Å². The predicted molar refractivity (Wildman–Crippen MR) is 112 cm³/mol. The molecule has 0 radical (unpaired) electrons. The molecule has 4 rings (SSSR count). The molecule has 0 aromatic heterocycles. The number of hydrogen-bond donors (Lipinski definition) is 0. The molecule has 2 aliphatic carbocycles. The number of allylic oxidation sites excluding steroid dienone is 2. The molecule has 2 unspecified atom stereocenters. The van der Waals surface area contributed by atoms with Crippen LogP contribution >= 0.6 is 11.6 Å². The summed E-state index contributed by atoms with van der Waals surface area (Å²) in [6.07, 6.45) is 13.3. The summed E-state index contributed by atoms with van der Waals surface area (Å²) in [6.45, 7) is 2.09. The Morgan fingerprint density at radius 1 is 1.00 bits per heavy atom. The highest BCUT2D eigenvalue weighted by Crippen LogP contribution is 2.39. The molecule has 0 spiro atoms. The monoisotopic (exact) mass is 400 g/mol. The molecule has 0 saturated carbocycles. The maximum Gasteiger partial charge on any atom is 0.145 e. The Labute approximate surface area is 171 Å². The van der Waals surface area contributed by atoms with Crippen molar-refractivity contribution in [2.45, 2.75) is 64.2 Å². The van der Waals surface area contributed by atoms with E-state index in [9.17, 15) is 8.78 Å². The number of benzene rings is 2. The molecule has 2 atom stereocenters. The lowest BCUT2D eigenvalue weighted by atomic mass is 9.73. The number of fused-ring (bicyclic) bond motifs is 3. The lowest BCUT2D eigenvalue weighted by Crippen LogP contribution is -2.20. The molecule has 2 aliphatic rings. The fraction of sp³-hybridized carbons (Fsp3) is 0.440. The van der Waals surface area contributed by atoms with Gasteiger partial charge >= 0.3 is 0 Å². The van der Waals surface area contributed by atoms with Crippen molar-refractivity contribution in [2.75, 3.05) is 0 Å². The van der Waals surface area contributed by atoms with Gasteiger partial charge in [0.1, 0.15) is 16.7 Å². The highest BCUT2D eigenvalue weighted by atomic mass is 35.5. The van der Waals surface area contributed by atoms with E-state index in [1.807, 2.05) is 0 Å². The second kappa shape index (κ2) is 8.37. The average Bonchev–Trinajstić information content (AvgIpc) is 2.71. The van der Waals surface area contributed by atoms with Crippen LogP contribution in [-0.2, 0) is 25.7 Å². The van der Waals surface area contributed by atoms with Crippen molar-refractivity contribution in [3.8, 4) is 0 Å². The molecule has 0 bridgehead atoms. The Morgan fingerprint density at radius 2 is 1.64 bits per heavy atom. The zero-order valence-electron chi connectivity index (χ0n) is 16.4. The van der Waals surface area contributed by atoms with E-state index in [4.69, 9.17) is 11.6 Å². The van der Waals surface area contributed by atoms with Crippen molar-refractivity contribution in [1.29, 1.82) is 0 Å². The summed E-state index contributed by atoms with van der Waals surface area (Å²) >= 11 is 5.65. The Bertz CT molecular complexity index is 877. The Hall–Kier alpha value is -1.67. The fourth-order valence-electron chi connectivity index (χ4n) is 5.08. The molecule has 2 aromatic carbocycles. The van der Waals surface area contributed by atoms with E-state index in [0.29, 0.717) is 0 Å². The normalized spacial score (nSPS) is 21.6. The summed E-state index contributed by atoms with van der Waals surface area (Å²) in [5.41, 5.74) is 6.68. The van der Waals surface area contributed by atoms with Crippen LogP contribution in [0.15, 0.2) is 36.4 Å². The largest absolute Gasteiger partial charge is 0.205 e. The van der Waals surface area contributed by atoms with Crippen molar-refractivity contribution in [3.63, 3.8) is 0 Å².